The molecule has 0 aliphatic heterocycles. The number of hydrogen-bond donors (Lipinski definition) is 3. The van der Waals surface area contributed by atoms with Crippen LogP contribution in [0.2, 0.25) is 0 Å². The maximum atomic E-state index is 12.2. The summed E-state index contributed by atoms with van der Waals surface area (Å²) in [6.45, 7) is 0.479. The molecule has 6 nitrogen and oxygen atoms in total. The van der Waals surface area contributed by atoms with Crippen molar-refractivity contribution in [2.45, 2.75) is 19.6 Å². The third-order valence-electron chi connectivity index (χ3n) is 3.16. The Labute approximate surface area is 157 Å². The Bertz CT molecular complexity index is 795. The van der Waals surface area contributed by atoms with Gasteiger partial charge in [0.15, 0.2) is 0 Å². The number of nitrogens with zero attached hydrogens (tertiary/aromatic N) is 1. The molecule has 0 aliphatic carbocycles. The number of alkyl halides is 3. The van der Waals surface area contributed by atoms with Gasteiger partial charge in [-0.05, 0) is 24.6 Å². The number of thiazole rings is 1. The van der Waals surface area contributed by atoms with Gasteiger partial charge < -0.3 is 16.4 Å². The van der Waals surface area contributed by atoms with Crippen LogP contribution in [0.1, 0.15) is 31.4 Å². The molecule has 0 radical (unpaired) electrons. The van der Waals surface area contributed by atoms with Crippen molar-refractivity contribution in [3.8, 4) is 0 Å². The minimum Gasteiger partial charge on any atom is -0.343 e. The van der Waals surface area contributed by atoms with Gasteiger partial charge in [0, 0.05) is 23.2 Å². The van der Waals surface area contributed by atoms with E-state index in [1.54, 1.807) is 17.6 Å². The Balaban J connectivity index is 0.00000338. The van der Waals surface area contributed by atoms with E-state index in [2.05, 4.69) is 10.3 Å². The predicted octanol–water partition coefficient (Wildman–Crippen LogP) is 2.88. The van der Waals surface area contributed by atoms with Crippen LogP contribution in [-0.4, -0.2) is 29.5 Å². The summed E-state index contributed by atoms with van der Waals surface area (Å²) in [4.78, 5) is 28.0. The molecule has 142 valence electrons. The van der Waals surface area contributed by atoms with Gasteiger partial charge in [0.25, 0.3) is 11.8 Å². The second kappa shape index (κ2) is 8.97. The molecular weight excluding hydrogens is 393 g/mol. The van der Waals surface area contributed by atoms with Crippen LogP contribution in [0.5, 0.6) is 0 Å². The lowest BCUT2D eigenvalue weighted by Gasteiger charge is -2.11. The first kappa shape index (κ1) is 21.9. The number of nitrogens with one attached hydrogen (secondary N) is 2. The number of aromatic nitrogens is 1. The second-order valence-electron chi connectivity index (χ2n) is 5.11. The number of halogens is 4. The smallest absolute Gasteiger partial charge is 0.343 e. The summed E-state index contributed by atoms with van der Waals surface area (Å²) in [7, 11) is 0. The topological polar surface area (TPSA) is 97.1 Å². The highest BCUT2D eigenvalue weighted by Gasteiger charge is 2.28. The number of anilines is 1. The average molecular weight is 409 g/mol. The minimum atomic E-state index is -4.50. The zero-order chi connectivity index (χ0) is 18.6. The van der Waals surface area contributed by atoms with Gasteiger partial charge in [-0.3, -0.25) is 9.59 Å². The Morgan fingerprint density at radius 2 is 1.96 bits per heavy atom. The maximum Gasteiger partial charge on any atom is 0.405 e. The largest absolute Gasteiger partial charge is 0.405 e. The normalized spacial score (nSPS) is 10.8. The number of benzene rings is 1. The average Bonchev–Trinajstić information content (AvgIpc) is 3.03. The van der Waals surface area contributed by atoms with Crippen molar-refractivity contribution in [3.05, 3.63) is 45.4 Å². The van der Waals surface area contributed by atoms with Crippen molar-refractivity contribution < 1.29 is 22.8 Å². The number of hydrogen-bond acceptors (Lipinski definition) is 5. The van der Waals surface area contributed by atoms with E-state index in [0.29, 0.717) is 16.3 Å². The van der Waals surface area contributed by atoms with Crippen LogP contribution in [0, 0.1) is 6.92 Å². The Kier molecular flexibility index (Phi) is 7.54. The van der Waals surface area contributed by atoms with Crippen LogP contribution in [0.4, 0.5) is 18.9 Å². The zero-order valence-electron chi connectivity index (χ0n) is 13.5. The molecule has 11 heteroatoms. The van der Waals surface area contributed by atoms with Gasteiger partial charge in [-0.1, -0.05) is 6.07 Å². The number of rotatable bonds is 5. The summed E-state index contributed by atoms with van der Waals surface area (Å²) in [5.74, 6) is -1.38. The molecule has 2 rings (SSSR count). The summed E-state index contributed by atoms with van der Waals surface area (Å²) in [6.07, 6.45) is -4.50. The van der Waals surface area contributed by atoms with Gasteiger partial charge >= 0.3 is 6.18 Å². The van der Waals surface area contributed by atoms with Crippen LogP contribution in [0.15, 0.2) is 23.6 Å². The summed E-state index contributed by atoms with van der Waals surface area (Å²) < 4.78 is 36.5. The third kappa shape index (κ3) is 5.97. The SMILES string of the molecule is Cc1ccc(C(=O)NCC(F)(F)F)cc1NC(=O)c1csc(CN)n1.Cl. The monoisotopic (exact) mass is 408 g/mol. The molecule has 0 unspecified atom stereocenters. The molecule has 0 fully saturated rings. The third-order valence-corrected chi connectivity index (χ3v) is 4.03. The van der Waals surface area contributed by atoms with Crippen molar-refractivity contribution in [1.29, 1.82) is 0 Å². The lowest BCUT2D eigenvalue weighted by Crippen LogP contribution is -2.33. The summed E-state index contributed by atoms with van der Waals surface area (Å²) in [5, 5.41) is 6.52. The summed E-state index contributed by atoms with van der Waals surface area (Å²) >= 11 is 1.24. The highest BCUT2D eigenvalue weighted by Crippen LogP contribution is 2.19. The number of aryl methyl sites for hydroxylation is 1. The van der Waals surface area contributed by atoms with Crippen molar-refractivity contribution in [2.75, 3.05) is 11.9 Å². The van der Waals surface area contributed by atoms with E-state index in [1.807, 2.05) is 0 Å². The minimum absolute atomic E-state index is 0. The fourth-order valence-corrected chi connectivity index (χ4v) is 2.53. The lowest BCUT2D eigenvalue weighted by molar-refractivity contribution is -0.123. The molecule has 2 amide bonds. The van der Waals surface area contributed by atoms with E-state index < -0.39 is 24.5 Å². The van der Waals surface area contributed by atoms with Gasteiger partial charge in [0.1, 0.15) is 17.2 Å². The Morgan fingerprint density at radius 3 is 2.54 bits per heavy atom. The first-order chi connectivity index (χ1) is 11.7. The Hall–Kier alpha value is -2.17. The van der Waals surface area contributed by atoms with Gasteiger partial charge in [-0.2, -0.15) is 13.2 Å². The zero-order valence-corrected chi connectivity index (χ0v) is 15.1. The fraction of sp³-hybridized carbons (Fsp3) is 0.267. The molecule has 26 heavy (non-hydrogen) atoms. The fourth-order valence-electron chi connectivity index (χ4n) is 1.88. The van der Waals surface area contributed by atoms with Crippen LogP contribution in [0.25, 0.3) is 0 Å². The summed E-state index contributed by atoms with van der Waals surface area (Å²) in [6, 6.07) is 4.23. The standard InChI is InChI=1S/C15H15F3N4O2S.ClH/c1-8-2-3-9(13(23)20-7-15(16,17)18)4-10(8)22-14(24)11-6-25-12(5-19)21-11;/h2-4,6H,5,7,19H2,1H3,(H,20,23)(H,22,24);1H. The van der Waals surface area contributed by atoms with E-state index >= 15 is 0 Å². The van der Waals surface area contributed by atoms with Gasteiger partial charge in [0.05, 0.1) is 0 Å². The molecule has 0 bridgehead atoms. The van der Waals surface area contributed by atoms with E-state index in [1.165, 1.54) is 29.5 Å². The van der Waals surface area contributed by atoms with Crippen LogP contribution in [0.3, 0.4) is 0 Å². The molecule has 0 atom stereocenters. The molecule has 0 spiro atoms. The lowest BCUT2D eigenvalue weighted by atomic mass is 10.1. The number of carbonyl (C=O) groups excluding carboxylic acids is 2. The summed E-state index contributed by atoms with van der Waals surface area (Å²) in [5.41, 5.74) is 6.59. The van der Waals surface area contributed by atoms with E-state index in [4.69, 9.17) is 5.73 Å². The van der Waals surface area contributed by atoms with Crippen LogP contribution < -0.4 is 16.4 Å². The van der Waals surface area contributed by atoms with Gasteiger partial charge in [-0.25, -0.2) is 4.98 Å². The first-order valence-electron chi connectivity index (χ1n) is 7.11. The van der Waals surface area contributed by atoms with Gasteiger partial charge in [0.2, 0.25) is 0 Å². The van der Waals surface area contributed by atoms with Crippen molar-refractivity contribution in [1.82, 2.24) is 10.3 Å². The molecule has 1 aromatic heterocycles. The molecule has 0 saturated carbocycles. The molecule has 1 heterocycles. The van der Waals surface area contributed by atoms with Crippen molar-refractivity contribution in [3.63, 3.8) is 0 Å². The number of nitrogens with two attached hydrogens (primary N) is 1. The highest BCUT2D eigenvalue weighted by molar-refractivity contribution is 7.09. The highest BCUT2D eigenvalue weighted by atomic mass is 35.5. The molecular formula is C15H16ClF3N4O2S. The first-order valence-corrected chi connectivity index (χ1v) is 7.99. The molecule has 1 aromatic carbocycles. The van der Waals surface area contributed by atoms with Crippen LogP contribution in [-0.2, 0) is 6.54 Å². The van der Waals surface area contributed by atoms with Gasteiger partial charge in [-0.15, -0.1) is 23.7 Å². The molecule has 0 aliphatic rings. The molecule has 2 aromatic rings. The second-order valence-corrected chi connectivity index (χ2v) is 6.05. The number of amides is 2. The van der Waals surface area contributed by atoms with Crippen molar-refractivity contribution >= 4 is 41.2 Å². The predicted molar refractivity (Wildman–Crippen MR) is 94.8 cm³/mol. The molecule has 4 N–H and O–H groups in total. The number of carbonyl (C=O) groups is 2. The van der Waals surface area contributed by atoms with Crippen LogP contribution >= 0.6 is 23.7 Å². The van der Waals surface area contributed by atoms with E-state index in [-0.39, 0.29) is 30.2 Å². The van der Waals surface area contributed by atoms with E-state index in [9.17, 15) is 22.8 Å². The maximum absolute atomic E-state index is 12.2. The molecule has 0 saturated heterocycles. The Morgan fingerprint density at radius 1 is 1.27 bits per heavy atom. The quantitative estimate of drug-likeness (QED) is 0.708. The van der Waals surface area contributed by atoms with Crippen molar-refractivity contribution in [2.24, 2.45) is 5.73 Å². The van der Waals surface area contributed by atoms with E-state index in [0.717, 1.165) is 0 Å².